The van der Waals surface area contributed by atoms with E-state index in [2.05, 4.69) is 10.4 Å². The molecule has 0 bridgehead atoms. The predicted molar refractivity (Wildman–Crippen MR) is 94.1 cm³/mol. The van der Waals surface area contributed by atoms with Crippen molar-refractivity contribution in [2.24, 2.45) is 0 Å². The number of hydrogen-bond donors (Lipinski definition) is 2. The fraction of sp³-hybridized carbons (Fsp3) is 0.167. The maximum absolute atomic E-state index is 12.2. The Bertz CT molecular complexity index is 929. The standard InChI is InChI=1S/C18H15N3O3S/c22-16-8-14(11-3-5-12(6-4-11)18(23)24)15-9-19-21(17(15)20-16)10-13-2-1-7-25-13/h1-7,9,14H,8,10H2,(H,20,22)(H,23,24). The summed E-state index contributed by atoms with van der Waals surface area (Å²) in [6, 6.07) is 10.7. The molecule has 126 valence electrons. The monoisotopic (exact) mass is 353 g/mol. The Kier molecular flexibility index (Phi) is 3.85. The van der Waals surface area contributed by atoms with E-state index in [4.69, 9.17) is 5.11 Å². The molecule has 1 unspecified atom stereocenters. The molecule has 3 heterocycles. The maximum Gasteiger partial charge on any atom is 0.335 e. The Balaban J connectivity index is 1.69. The van der Waals surface area contributed by atoms with E-state index in [1.165, 1.54) is 0 Å². The van der Waals surface area contributed by atoms with Gasteiger partial charge in [-0.05, 0) is 29.1 Å². The van der Waals surface area contributed by atoms with Crippen molar-refractivity contribution in [3.63, 3.8) is 0 Å². The number of hydrogen-bond acceptors (Lipinski definition) is 4. The summed E-state index contributed by atoms with van der Waals surface area (Å²) in [5, 5.41) is 18.4. The van der Waals surface area contributed by atoms with Crippen LogP contribution in [-0.2, 0) is 11.3 Å². The maximum atomic E-state index is 12.2. The highest BCUT2D eigenvalue weighted by molar-refractivity contribution is 7.09. The van der Waals surface area contributed by atoms with Crippen molar-refractivity contribution < 1.29 is 14.7 Å². The zero-order valence-electron chi connectivity index (χ0n) is 13.2. The first-order chi connectivity index (χ1) is 12.1. The van der Waals surface area contributed by atoms with Crippen molar-refractivity contribution in [1.29, 1.82) is 0 Å². The molecule has 7 heteroatoms. The first kappa shape index (κ1) is 15.6. The van der Waals surface area contributed by atoms with Gasteiger partial charge in [0.1, 0.15) is 5.82 Å². The van der Waals surface area contributed by atoms with Gasteiger partial charge in [-0.25, -0.2) is 9.48 Å². The van der Waals surface area contributed by atoms with Crippen LogP contribution >= 0.6 is 11.3 Å². The van der Waals surface area contributed by atoms with E-state index < -0.39 is 5.97 Å². The molecule has 25 heavy (non-hydrogen) atoms. The van der Waals surface area contributed by atoms with E-state index >= 15 is 0 Å². The molecule has 0 fully saturated rings. The molecule has 0 saturated carbocycles. The van der Waals surface area contributed by atoms with Crippen LogP contribution in [0, 0.1) is 0 Å². The number of benzene rings is 1. The average molecular weight is 353 g/mol. The average Bonchev–Trinajstić information content (AvgIpc) is 3.25. The van der Waals surface area contributed by atoms with Gasteiger partial charge in [-0.1, -0.05) is 18.2 Å². The Labute approximate surface area is 147 Å². The third-order valence-corrected chi connectivity index (χ3v) is 5.20. The second-order valence-corrected chi connectivity index (χ2v) is 6.95. The number of aromatic carboxylic acids is 1. The van der Waals surface area contributed by atoms with Crippen molar-refractivity contribution in [3.8, 4) is 0 Å². The van der Waals surface area contributed by atoms with Gasteiger partial charge in [0, 0.05) is 22.8 Å². The minimum Gasteiger partial charge on any atom is -0.478 e. The van der Waals surface area contributed by atoms with Crippen LogP contribution in [0.4, 0.5) is 5.82 Å². The van der Waals surface area contributed by atoms with E-state index in [0.717, 1.165) is 21.8 Å². The molecule has 1 atom stereocenters. The van der Waals surface area contributed by atoms with Crippen LogP contribution in [0.5, 0.6) is 0 Å². The molecule has 0 aliphatic carbocycles. The molecule has 2 aromatic heterocycles. The lowest BCUT2D eigenvalue weighted by molar-refractivity contribution is -0.116. The van der Waals surface area contributed by atoms with Crippen molar-refractivity contribution in [3.05, 3.63) is 69.5 Å². The second kappa shape index (κ2) is 6.18. The van der Waals surface area contributed by atoms with Crippen molar-refractivity contribution in [1.82, 2.24) is 9.78 Å². The van der Waals surface area contributed by atoms with E-state index in [0.29, 0.717) is 13.0 Å². The first-order valence-corrected chi connectivity index (χ1v) is 8.71. The zero-order valence-corrected chi connectivity index (χ0v) is 14.0. The lowest BCUT2D eigenvalue weighted by atomic mass is 9.87. The minimum absolute atomic E-state index is 0.0623. The second-order valence-electron chi connectivity index (χ2n) is 5.92. The van der Waals surface area contributed by atoms with Gasteiger partial charge in [-0.2, -0.15) is 5.10 Å². The van der Waals surface area contributed by atoms with E-state index in [1.54, 1.807) is 46.5 Å². The Hall–Kier alpha value is -2.93. The zero-order chi connectivity index (χ0) is 17.4. The van der Waals surface area contributed by atoms with Crippen molar-refractivity contribution >= 4 is 29.0 Å². The van der Waals surface area contributed by atoms with Gasteiger partial charge < -0.3 is 10.4 Å². The molecular weight excluding hydrogens is 338 g/mol. The number of aromatic nitrogens is 2. The van der Waals surface area contributed by atoms with Crippen molar-refractivity contribution in [2.45, 2.75) is 18.9 Å². The summed E-state index contributed by atoms with van der Waals surface area (Å²) >= 11 is 1.64. The summed E-state index contributed by atoms with van der Waals surface area (Å²) in [7, 11) is 0. The fourth-order valence-corrected chi connectivity index (χ4v) is 3.78. The number of nitrogens with one attached hydrogen (secondary N) is 1. The highest BCUT2D eigenvalue weighted by Crippen LogP contribution is 2.37. The summed E-state index contributed by atoms with van der Waals surface area (Å²) in [6.07, 6.45) is 2.11. The number of carboxylic acids is 1. The Morgan fingerprint density at radius 3 is 2.80 bits per heavy atom. The van der Waals surface area contributed by atoms with Gasteiger partial charge in [-0.15, -0.1) is 11.3 Å². The van der Waals surface area contributed by atoms with E-state index in [9.17, 15) is 9.59 Å². The van der Waals surface area contributed by atoms with E-state index in [1.807, 2.05) is 17.5 Å². The van der Waals surface area contributed by atoms with E-state index in [-0.39, 0.29) is 17.4 Å². The van der Waals surface area contributed by atoms with Gasteiger partial charge >= 0.3 is 5.97 Å². The summed E-state index contributed by atoms with van der Waals surface area (Å²) in [4.78, 5) is 24.4. The van der Waals surface area contributed by atoms with Crippen LogP contribution in [-0.4, -0.2) is 26.8 Å². The highest BCUT2D eigenvalue weighted by Gasteiger charge is 2.30. The lowest BCUT2D eigenvalue weighted by Gasteiger charge is -2.23. The summed E-state index contributed by atoms with van der Waals surface area (Å²) < 4.78 is 1.80. The summed E-state index contributed by atoms with van der Waals surface area (Å²) in [5.74, 6) is -0.425. The molecule has 4 rings (SSSR count). The highest BCUT2D eigenvalue weighted by atomic mass is 32.1. The number of amides is 1. The fourth-order valence-electron chi connectivity index (χ4n) is 3.10. The predicted octanol–water partition coefficient (Wildman–Crippen LogP) is 3.17. The van der Waals surface area contributed by atoms with Gasteiger partial charge in [-0.3, -0.25) is 4.79 Å². The third-order valence-electron chi connectivity index (χ3n) is 4.34. The molecule has 6 nitrogen and oxygen atoms in total. The largest absolute Gasteiger partial charge is 0.478 e. The minimum atomic E-state index is -0.961. The number of carbonyl (C=O) groups is 2. The number of rotatable bonds is 4. The van der Waals surface area contributed by atoms with Gasteiger partial charge in [0.15, 0.2) is 0 Å². The molecule has 0 saturated heterocycles. The van der Waals surface area contributed by atoms with Crippen LogP contribution in [0.1, 0.15) is 38.7 Å². The van der Waals surface area contributed by atoms with Gasteiger partial charge in [0.2, 0.25) is 5.91 Å². The summed E-state index contributed by atoms with van der Waals surface area (Å²) in [6.45, 7) is 0.609. The Morgan fingerprint density at radius 2 is 2.12 bits per heavy atom. The Morgan fingerprint density at radius 1 is 1.32 bits per heavy atom. The number of anilines is 1. The van der Waals surface area contributed by atoms with Crippen molar-refractivity contribution in [2.75, 3.05) is 5.32 Å². The van der Waals surface area contributed by atoms with Gasteiger partial charge in [0.05, 0.1) is 18.3 Å². The van der Waals surface area contributed by atoms with Crippen LogP contribution < -0.4 is 5.32 Å². The molecule has 3 aromatic rings. The molecular formula is C18H15N3O3S. The summed E-state index contributed by atoms with van der Waals surface area (Å²) in [5.41, 5.74) is 2.11. The van der Waals surface area contributed by atoms with Crippen LogP contribution in [0.25, 0.3) is 0 Å². The topological polar surface area (TPSA) is 84.2 Å². The number of thiophene rings is 1. The molecule has 0 spiro atoms. The number of nitrogens with zero attached hydrogens (tertiary/aromatic N) is 2. The molecule has 1 aromatic carbocycles. The molecule has 1 aliphatic heterocycles. The third kappa shape index (κ3) is 2.94. The van der Waals surface area contributed by atoms with Crippen LogP contribution in [0.3, 0.4) is 0 Å². The van der Waals surface area contributed by atoms with Gasteiger partial charge in [0.25, 0.3) is 0 Å². The molecule has 0 radical (unpaired) electrons. The lowest BCUT2D eigenvalue weighted by Crippen LogP contribution is -2.25. The van der Waals surface area contributed by atoms with Crippen LogP contribution in [0.2, 0.25) is 0 Å². The number of carbonyl (C=O) groups excluding carboxylic acids is 1. The molecule has 1 aliphatic rings. The number of carboxylic acid groups (broad SMARTS) is 1. The SMILES string of the molecule is O=C1CC(c2ccc(C(=O)O)cc2)c2cnn(Cc3cccs3)c2N1. The smallest absolute Gasteiger partial charge is 0.335 e. The first-order valence-electron chi connectivity index (χ1n) is 7.83. The molecule has 2 N–H and O–H groups in total. The van der Waals surface area contributed by atoms with Crippen LogP contribution in [0.15, 0.2) is 48.0 Å². The number of fused-ring (bicyclic) bond motifs is 1. The normalized spacial score (nSPS) is 16.3. The quantitative estimate of drug-likeness (QED) is 0.754. The molecule has 1 amide bonds.